The van der Waals surface area contributed by atoms with Gasteiger partial charge in [0.2, 0.25) is 0 Å². The van der Waals surface area contributed by atoms with E-state index in [1.807, 2.05) is 11.3 Å². The predicted octanol–water partition coefficient (Wildman–Crippen LogP) is 17.1. The molecule has 0 bridgehead atoms. The summed E-state index contributed by atoms with van der Waals surface area (Å²) >= 11 is 1.88. The van der Waals surface area contributed by atoms with Crippen molar-refractivity contribution in [1.29, 1.82) is 0 Å². The first-order valence-electron chi connectivity index (χ1n) is 21.8. The first kappa shape index (κ1) is 36.8. The summed E-state index contributed by atoms with van der Waals surface area (Å²) < 4.78 is 2.66. The quantitative estimate of drug-likeness (QED) is 0.162. The lowest BCUT2D eigenvalue weighted by Gasteiger charge is -2.29. The molecule has 0 spiro atoms. The van der Waals surface area contributed by atoms with E-state index in [4.69, 9.17) is 0 Å². The molecule has 2 heteroatoms. The zero-order chi connectivity index (χ0) is 41.7. The van der Waals surface area contributed by atoms with Crippen LogP contribution in [0.25, 0.3) is 75.8 Å². The Morgan fingerprint density at radius 2 is 0.839 bits per heavy atom. The van der Waals surface area contributed by atoms with Crippen LogP contribution in [0.4, 0.5) is 17.1 Å². The van der Waals surface area contributed by atoms with E-state index in [2.05, 4.69) is 233 Å². The van der Waals surface area contributed by atoms with E-state index in [0.717, 1.165) is 11.4 Å². The molecule has 1 aromatic heterocycles. The van der Waals surface area contributed by atoms with Gasteiger partial charge >= 0.3 is 0 Å². The number of fused-ring (bicyclic) bond motifs is 9. The molecule has 0 saturated carbocycles. The lowest BCUT2D eigenvalue weighted by Crippen LogP contribution is -2.16. The van der Waals surface area contributed by atoms with Crippen LogP contribution in [0.3, 0.4) is 0 Å². The van der Waals surface area contributed by atoms with Gasteiger partial charge in [0.15, 0.2) is 0 Å². The minimum absolute atomic E-state index is 0.0103. The summed E-state index contributed by atoms with van der Waals surface area (Å²) in [6.07, 6.45) is 0. The molecule has 0 amide bonds. The van der Waals surface area contributed by atoms with Gasteiger partial charge in [-0.1, -0.05) is 185 Å². The first-order valence-corrected chi connectivity index (χ1v) is 22.6. The van der Waals surface area contributed by atoms with Crippen molar-refractivity contribution in [1.82, 2.24) is 0 Å². The molecule has 0 fully saturated rings. The Morgan fingerprint density at radius 1 is 0.355 bits per heavy atom. The van der Waals surface area contributed by atoms with Crippen LogP contribution in [0.5, 0.6) is 0 Å². The van der Waals surface area contributed by atoms with E-state index in [1.165, 1.54) is 104 Å². The van der Waals surface area contributed by atoms with Crippen LogP contribution in [0.1, 0.15) is 49.9 Å². The highest BCUT2D eigenvalue weighted by Gasteiger charge is 2.38. The lowest BCUT2D eigenvalue weighted by molar-refractivity contribution is 0.660. The highest BCUT2D eigenvalue weighted by Crippen LogP contribution is 2.55. The summed E-state index contributed by atoms with van der Waals surface area (Å²) in [4.78, 5) is 2.46. The van der Waals surface area contributed by atoms with Gasteiger partial charge in [-0.15, -0.1) is 11.3 Å². The maximum atomic E-state index is 2.46. The maximum absolute atomic E-state index is 2.46. The van der Waals surface area contributed by atoms with Crippen molar-refractivity contribution < 1.29 is 0 Å². The Labute approximate surface area is 368 Å². The van der Waals surface area contributed by atoms with Crippen LogP contribution in [0, 0.1) is 0 Å². The molecule has 1 nitrogen and oxygen atoms in total. The van der Waals surface area contributed by atoms with Crippen LogP contribution in [-0.2, 0) is 10.8 Å². The Hall–Kier alpha value is -7.00. The maximum Gasteiger partial charge on any atom is 0.0543 e. The standard InChI is InChI=1S/C60H45NS/c1-59(2)51-18-8-5-13-46(51)50-37-42(31-36-53(50)59)40-25-23-38(24-26-40)39-27-32-43(33-28-39)61(55-21-12-20-54-57(55)49-15-6-9-19-52(49)60(54,3)4)44-34-29-41(30-35-44)45-16-11-17-48-47-14-7-10-22-56(47)62-58(45)48/h5-37H,1-4H3. The molecule has 0 radical (unpaired) electrons. The van der Waals surface area contributed by atoms with Crippen molar-refractivity contribution in [2.75, 3.05) is 4.90 Å². The molecular weight excluding hydrogens is 767 g/mol. The van der Waals surface area contributed by atoms with Gasteiger partial charge < -0.3 is 4.90 Å². The molecule has 9 aromatic carbocycles. The fourth-order valence-corrected chi connectivity index (χ4v) is 11.9. The summed E-state index contributed by atoms with van der Waals surface area (Å²) in [5.41, 5.74) is 21.6. The van der Waals surface area contributed by atoms with Crippen molar-refractivity contribution in [3.05, 3.63) is 222 Å². The number of thiophene rings is 1. The third-order valence-electron chi connectivity index (χ3n) is 13.9. The minimum Gasteiger partial charge on any atom is -0.310 e. The summed E-state index contributed by atoms with van der Waals surface area (Å²) in [5, 5.41) is 2.65. The molecule has 0 saturated heterocycles. The molecule has 296 valence electrons. The Kier molecular flexibility index (Phi) is 8.17. The summed E-state index contributed by atoms with van der Waals surface area (Å²) in [7, 11) is 0. The van der Waals surface area contributed by atoms with Gasteiger partial charge in [0.25, 0.3) is 0 Å². The smallest absolute Gasteiger partial charge is 0.0543 e. The Bertz CT molecular complexity index is 3380. The van der Waals surface area contributed by atoms with Gasteiger partial charge in [-0.3, -0.25) is 0 Å². The monoisotopic (exact) mass is 811 g/mol. The van der Waals surface area contributed by atoms with E-state index in [-0.39, 0.29) is 10.8 Å². The van der Waals surface area contributed by atoms with Crippen molar-refractivity contribution in [2.45, 2.75) is 38.5 Å². The number of hydrogen-bond acceptors (Lipinski definition) is 2. The summed E-state index contributed by atoms with van der Waals surface area (Å²) in [5.74, 6) is 0. The van der Waals surface area contributed by atoms with Crippen LogP contribution in [-0.4, -0.2) is 0 Å². The molecule has 2 aliphatic carbocycles. The van der Waals surface area contributed by atoms with Gasteiger partial charge in [0, 0.05) is 47.9 Å². The van der Waals surface area contributed by atoms with E-state index < -0.39 is 0 Å². The molecule has 0 aliphatic heterocycles. The first-order chi connectivity index (χ1) is 30.3. The predicted molar refractivity (Wildman–Crippen MR) is 265 cm³/mol. The number of anilines is 3. The lowest BCUT2D eigenvalue weighted by atomic mass is 9.82. The van der Waals surface area contributed by atoms with Crippen LogP contribution >= 0.6 is 11.3 Å². The fourth-order valence-electron chi connectivity index (χ4n) is 10.7. The highest BCUT2D eigenvalue weighted by molar-refractivity contribution is 7.26. The average molecular weight is 812 g/mol. The third-order valence-corrected chi connectivity index (χ3v) is 15.1. The third kappa shape index (κ3) is 5.53. The van der Waals surface area contributed by atoms with Crippen molar-refractivity contribution >= 4 is 48.6 Å². The molecule has 0 unspecified atom stereocenters. The number of benzene rings is 9. The van der Waals surface area contributed by atoms with Crippen molar-refractivity contribution in [3.63, 3.8) is 0 Å². The molecule has 0 N–H and O–H groups in total. The van der Waals surface area contributed by atoms with E-state index in [9.17, 15) is 0 Å². The van der Waals surface area contributed by atoms with E-state index >= 15 is 0 Å². The van der Waals surface area contributed by atoms with E-state index in [0.29, 0.717) is 0 Å². The van der Waals surface area contributed by atoms with E-state index in [1.54, 1.807) is 0 Å². The van der Waals surface area contributed by atoms with Gasteiger partial charge in [-0.2, -0.15) is 0 Å². The number of hydrogen-bond donors (Lipinski definition) is 0. The molecule has 12 rings (SSSR count). The van der Waals surface area contributed by atoms with Gasteiger partial charge in [-0.25, -0.2) is 0 Å². The van der Waals surface area contributed by atoms with Gasteiger partial charge in [0.05, 0.1) is 5.69 Å². The molecule has 10 aromatic rings. The second-order valence-corrected chi connectivity index (χ2v) is 19.1. The Balaban J connectivity index is 0.921. The van der Waals surface area contributed by atoms with Crippen LogP contribution in [0.15, 0.2) is 200 Å². The summed E-state index contributed by atoms with van der Waals surface area (Å²) in [6.45, 7) is 9.40. The SMILES string of the molecule is CC1(C)c2ccccc2-c2cc(-c3ccc(-c4ccc(N(c5ccc(-c6cccc7c6sc6ccccc67)cc5)c5cccc6c5-c5ccccc5C6(C)C)cc4)cc3)ccc21. The summed E-state index contributed by atoms with van der Waals surface area (Å²) in [6, 6.07) is 74.6. The zero-order valence-corrected chi connectivity index (χ0v) is 36.2. The highest BCUT2D eigenvalue weighted by atomic mass is 32.1. The van der Waals surface area contributed by atoms with Gasteiger partial charge in [-0.05, 0) is 115 Å². The second kappa shape index (κ2) is 13.8. The molecule has 2 aliphatic rings. The van der Waals surface area contributed by atoms with Crippen molar-refractivity contribution in [3.8, 4) is 55.6 Å². The molecular formula is C60H45NS. The van der Waals surface area contributed by atoms with Crippen LogP contribution in [0.2, 0.25) is 0 Å². The molecule has 1 heterocycles. The topological polar surface area (TPSA) is 3.24 Å². The fraction of sp³-hybridized carbons (Fsp3) is 0.100. The van der Waals surface area contributed by atoms with Crippen LogP contribution < -0.4 is 4.90 Å². The zero-order valence-electron chi connectivity index (χ0n) is 35.4. The van der Waals surface area contributed by atoms with Gasteiger partial charge in [0.1, 0.15) is 0 Å². The number of rotatable bonds is 6. The molecule has 0 atom stereocenters. The minimum atomic E-state index is -0.0999. The number of nitrogens with zero attached hydrogens (tertiary/aromatic N) is 1. The molecule has 62 heavy (non-hydrogen) atoms. The average Bonchev–Trinajstić information content (AvgIpc) is 3.90. The largest absolute Gasteiger partial charge is 0.310 e. The second-order valence-electron chi connectivity index (χ2n) is 18.1. The van der Waals surface area contributed by atoms with Crippen molar-refractivity contribution in [2.24, 2.45) is 0 Å². The normalized spacial score (nSPS) is 14.1. The Morgan fingerprint density at radius 3 is 1.56 bits per heavy atom.